The number of esters is 2. The van der Waals surface area contributed by atoms with Gasteiger partial charge in [0.25, 0.3) is 5.56 Å². The maximum Gasteiger partial charge on any atom is 0.374 e. The van der Waals surface area contributed by atoms with Crippen LogP contribution in [-0.2, 0) is 23.1 Å². The van der Waals surface area contributed by atoms with Crippen molar-refractivity contribution in [2.24, 2.45) is 7.05 Å². The standard InChI is InChI=1S/C17H14N2O6/c1-19-15(20)12-6-4-3-5-11(12)13(18-19)16(21)25-9-10-7-8-24-14(10)17(22)23-2/h3-8H,9H2,1-2H3. The number of aryl methyl sites for hydroxylation is 1. The highest BCUT2D eigenvalue weighted by atomic mass is 16.5. The van der Waals surface area contributed by atoms with Gasteiger partial charge in [0.15, 0.2) is 5.69 Å². The predicted octanol–water partition coefficient (Wildman–Crippen LogP) is 1.67. The van der Waals surface area contributed by atoms with Crippen LogP contribution in [0.3, 0.4) is 0 Å². The largest absolute Gasteiger partial charge is 0.463 e. The molecule has 0 fully saturated rings. The molecule has 3 aromatic rings. The number of aromatic nitrogens is 2. The number of carbonyl (C=O) groups excluding carboxylic acids is 2. The van der Waals surface area contributed by atoms with E-state index in [0.717, 1.165) is 4.68 Å². The summed E-state index contributed by atoms with van der Waals surface area (Å²) >= 11 is 0. The van der Waals surface area contributed by atoms with Crippen molar-refractivity contribution in [1.29, 1.82) is 0 Å². The van der Waals surface area contributed by atoms with Gasteiger partial charge in [-0.25, -0.2) is 14.3 Å². The zero-order valence-corrected chi connectivity index (χ0v) is 13.5. The Bertz CT molecular complexity index is 1020. The molecule has 25 heavy (non-hydrogen) atoms. The maximum absolute atomic E-state index is 12.4. The van der Waals surface area contributed by atoms with Gasteiger partial charge in [0, 0.05) is 18.0 Å². The lowest BCUT2D eigenvalue weighted by molar-refractivity contribution is 0.0447. The van der Waals surface area contributed by atoms with Crippen LogP contribution in [0.5, 0.6) is 0 Å². The van der Waals surface area contributed by atoms with Crippen molar-refractivity contribution >= 4 is 22.7 Å². The van der Waals surface area contributed by atoms with E-state index in [1.165, 1.54) is 26.5 Å². The number of hydrogen-bond donors (Lipinski definition) is 0. The van der Waals surface area contributed by atoms with Crippen LogP contribution in [0.15, 0.2) is 45.8 Å². The normalized spacial score (nSPS) is 10.6. The first-order chi connectivity index (χ1) is 12.0. The summed E-state index contributed by atoms with van der Waals surface area (Å²) in [7, 11) is 2.68. The van der Waals surface area contributed by atoms with Crippen molar-refractivity contribution in [3.63, 3.8) is 0 Å². The lowest BCUT2D eigenvalue weighted by atomic mass is 10.1. The molecule has 2 heterocycles. The molecule has 0 atom stereocenters. The predicted molar refractivity (Wildman–Crippen MR) is 86.2 cm³/mol. The van der Waals surface area contributed by atoms with Crippen LogP contribution in [0, 0.1) is 0 Å². The molecule has 2 aromatic heterocycles. The molecular weight excluding hydrogens is 328 g/mol. The maximum atomic E-state index is 12.4. The van der Waals surface area contributed by atoms with Gasteiger partial charge in [0.05, 0.1) is 18.8 Å². The van der Waals surface area contributed by atoms with E-state index in [0.29, 0.717) is 16.3 Å². The van der Waals surface area contributed by atoms with Crippen LogP contribution >= 0.6 is 0 Å². The first kappa shape index (κ1) is 16.4. The minimum absolute atomic E-state index is 0.0146. The number of furan rings is 1. The van der Waals surface area contributed by atoms with Crippen molar-refractivity contribution in [3.05, 3.63) is 64.0 Å². The molecule has 0 spiro atoms. The van der Waals surface area contributed by atoms with Crippen molar-refractivity contribution in [2.75, 3.05) is 7.11 Å². The Morgan fingerprint density at radius 2 is 1.88 bits per heavy atom. The van der Waals surface area contributed by atoms with Crippen LogP contribution in [0.1, 0.15) is 26.6 Å². The van der Waals surface area contributed by atoms with Gasteiger partial charge in [-0.05, 0) is 12.1 Å². The molecular formula is C17H14N2O6. The highest BCUT2D eigenvalue weighted by Gasteiger charge is 2.20. The topological polar surface area (TPSA) is 101 Å². The first-order valence-corrected chi connectivity index (χ1v) is 7.30. The molecule has 0 bridgehead atoms. The van der Waals surface area contributed by atoms with Crippen molar-refractivity contribution < 1.29 is 23.5 Å². The van der Waals surface area contributed by atoms with Crippen LogP contribution in [-0.4, -0.2) is 28.8 Å². The highest BCUT2D eigenvalue weighted by molar-refractivity contribution is 6.02. The molecule has 0 saturated heterocycles. The molecule has 0 N–H and O–H groups in total. The van der Waals surface area contributed by atoms with Gasteiger partial charge in [-0.2, -0.15) is 5.10 Å². The van der Waals surface area contributed by atoms with E-state index < -0.39 is 11.9 Å². The Hall–Kier alpha value is -3.42. The molecule has 0 aliphatic rings. The Kier molecular flexibility index (Phi) is 4.34. The van der Waals surface area contributed by atoms with Crippen molar-refractivity contribution in [3.8, 4) is 0 Å². The highest BCUT2D eigenvalue weighted by Crippen LogP contribution is 2.17. The SMILES string of the molecule is COC(=O)c1occc1COC(=O)c1nn(C)c(=O)c2ccccc12. The third kappa shape index (κ3) is 3.01. The van der Waals surface area contributed by atoms with Crippen LogP contribution in [0.2, 0.25) is 0 Å². The second-order valence-electron chi connectivity index (χ2n) is 5.17. The van der Waals surface area contributed by atoms with Gasteiger partial charge >= 0.3 is 11.9 Å². The number of rotatable bonds is 4. The molecule has 0 amide bonds. The molecule has 0 unspecified atom stereocenters. The summed E-state index contributed by atoms with van der Waals surface area (Å²) in [4.78, 5) is 36.1. The summed E-state index contributed by atoms with van der Waals surface area (Å²) < 4.78 is 15.9. The Morgan fingerprint density at radius 3 is 2.60 bits per heavy atom. The summed E-state index contributed by atoms with van der Waals surface area (Å²) in [5, 5.41) is 4.75. The van der Waals surface area contributed by atoms with Crippen molar-refractivity contribution in [2.45, 2.75) is 6.61 Å². The summed E-state index contributed by atoms with van der Waals surface area (Å²) in [6, 6.07) is 8.14. The summed E-state index contributed by atoms with van der Waals surface area (Å²) in [5.74, 6) is -1.42. The number of fused-ring (bicyclic) bond motifs is 1. The summed E-state index contributed by atoms with van der Waals surface area (Å²) in [6.45, 7) is -0.196. The van der Waals surface area contributed by atoms with E-state index in [9.17, 15) is 14.4 Å². The minimum atomic E-state index is -0.719. The van der Waals surface area contributed by atoms with Crippen LogP contribution in [0.4, 0.5) is 0 Å². The molecule has 0 aliphatic heterocycles. The van der Waals surface area contributed by atoms with Crippen LogP contribution < -0.4 is 5.56 Å². The Morgan fingerprint density at radius 1 is 1.16 bits per heavy atom. The third-order valence-electron chi connectivity index (χ3n) is 3.63. The molecule has 8 nitrogen and oxygen atoms in total. The van der Waals surface area contributed by atoms with Gasteiger partial charge in [-0.3, -0.25) is 4.79 Å². The molecule has 0 aliphatic carbocycles. The van der Waals surface area contributed by atoms with Gasteiger partial charge in [0.1, 0.15) is 6.61 Å². The molecule has 3 rings (SSSR count). The van der Waals surface area contributed by atoms with E-state index in [4.69, 9.17) is 9.15 Å². The first-order valence-electron chi connectivity index (χ1n) is 7.30. The Balaban J connectivity index is 1.89. The molecule has 0 saturated carbocycles. The lowest BCUT2D eigenvalue weighted by Gasteiger charge is -2.08. The second kappa shape index (κ2) is 6.60. The van der Waals surface area contributed by atoms with E-state index >= 15 is 0 Å². The number of benzene rings is 1. The number of nitrogens with zero attached hydrogens (tertiary/aromatic N) is 2. The zero-order chi connectivity index (χ0) is 18.0. The van der Waals surface area contributed by atoms with Crippen LogP contribution in [0.25, 0.3) is 10.8 Å². The number of hydrogen-bond acceptors (Lipinski definition) is 7. The zero-order valence-electron chi connectivity index (χ0n) is 13.5. The number of carbonyl (C=O) groups is 2. The quantitative estimate of drug-likeness (QED) is 0.665. The fourth-order valence-corrected chi connectivity index (χ4v) is 2.38. The van der Waals surface area contributed by atoms with E-state index in [-0.39, 0.29) is 23.6 Å². The molecule has 1 aromatic carbocycles. The fraction of sp³-hybridized carbons (Fsp3) is 0.176. The van der Waals surface area contributed by atoms with Gasteiger partial charge in [-0.15, -0.1) is 0 Å². The van der Waals surface area contributed by atoms with Crippen molar-refractivity contribution in [1.82, 2.24) is 9.78 Å². The monoisotopic (exact) mass is 342 g/mol. The van der Waals surface area contributed by atoms with Gasteiger partial charge in [-0.1, -0.05) is 18.2 Å². The van der Waals surface area contributed by atoms with Gasteiger partial charge in [0.2, 0.25) is 5.76 Å². The average Bonchev–Trinajstić information content (AvgIpc) is 3.10. The lowest BCUT2D eigenvalue weighted by Crippen LogP contribution is -2.23. The Labute approximate surface area is 141 Å². The average molecular weight is 342 g/mol. The smallest absolute Gasteiger partial charge is 0.374 e. The second-order valence-corrected chi connectivity index (χ2v) is 5.17. The number of methoxy groups -OCH3 is 1. The number of ether oxygens (including phenoxy) is 2. The minimum Gasteiger partial charge on any atom is -0.463 e. The molecule has 128 valence electrons. The third-order valence-corrected chi connectivity index (χ3v) is 3.63. The molecule has 0 radical (unpaired) electrons. The van der Waals surface area contributed by atoms with Gasteiger partial charge < -0.3 is 13.9 Å². The summed E-state index contributed by atoms with van der Waals surface area (Å²) in [6.07, 6.45) is 1.30. The fourth-order valence-electron chi connectivity index (χ4n) is 2.38. The van der Waals surface area contributed by atoms with E-state index in [1.54, 1.807) is 24.3 Å². The molecule has 8 heteroatoms. The summed E-state index contributed by atoms with van der Waals surface area (Å²) in [5.41, 5.74) is 0.0742. The van der Waals surface area contributed by atoms with E-state index in [1.807, 2.05) is 0 Å². The van der Waals surface area contributed by atoms with E-state index in [2.05, 4.69) is 9.84 Å².